The van der Waals surface area contributed by atoms with Crippen molar-refractivity contribution in [3.8, 4) is 11.5 Å². The van der Waals surface area contributed by atoms with Crippen LogP contribution in [0.5, 0.6) is 11.5 Å². The third-order valence-corrected chi connectivity index (χ3v) is 3.15. The maximum atomic E-state index is 12.3. The molecule has 1 aromatic carbocycles. The summed E-state index contributed by atoms with van der Waals surface area (Å²) in [5.41, 5.74) is 1.45. The molecule has 0 atom stereocenters. The molecule has 0 saturated carbocycles. The van der Waals surface area contributed by atoms with Crippen LogP contribution in [-0.2, 0) is 6.54 Å². The van der Waals surface area contributed by atoms with Crippen LogP contribution in [0.2, 0.25) is 0 Å². The van der Waals surface area contributed by atoms with Crippen LogP contribution in [0.1, 0.15) is 23.0 Å². The molecule has 0 saturated heterocycles. The van der Waals surface area contributed by atoms with Crippen LogP contribution in [0, 0.1) is 6.92 Å². The number of ether oxygens (including phenoxy) is 2. The zero-order chi connectivity index (χ0) is 17.0. The number of amides is 1. The second-order valence-corrected chi connectivity index (χ2v) is 4.68. The smallest absolute Gasteiger partial charge is 0.387 e. The van der Waals surface area contributed by atoms with Gasteiger partial charge in [0, 0.05) is 24.5 Å². The number of carbonyl (C=O) groups is 1. The number of nitrogens with zero attached hydrogens (tertiary/aromatic N) is 2. The zero-order valence-electron chi connectivity index (χ0n) is 13.0. The van der Waals surface area contributed by atoms with Gasteiger partial charge in [-0.05, 0) is 26.0 Å². The number of alkyl halides is 2. The summed E-state index contributed by atoms with van der Waals surface area (Å²) >= 11 is 0. The van der Waals surface area contributed by atoms with E-state index in [2.05, 4.69) is 15.2 Å². The van der Waals surface area contributed by atoms with E-state index >= 15 is 0 Å². The fourth-order valence-electron chi connectivity index (χ4n) is 2.04. The SMILES string of the molecule is CCn1cc(C(=O)Nc2ccc(OC(F)F)c(OC)c2)c(C)n1. The number of anilines is 1. The van der Waals surface area contributed by atoms with Gasteiger partial charge in [0.25, 0.3) is 5.91 Å². The first-order chi connectivity index (χ1) is 10.9. The topological polar surface area (TPSA) is 65.4 Å². The summed E-state index contributed by atoms with van der Waals surface area (Å²) in [4.78, 5) is 12.3. The molecule has 0 aliphatic carbocycles. The second-order valence-electron chi connectivity index (χ2n) is 4.68. The van der Waals surface area contributed by atoms with Gasteiger partial charge in [0.05, 0.1) is 18.4 Å². The predicted octanol–water partition coefficient (Wildman–Crippen LogP) is 3.07. The minimum Gasteiger partial charge on any atom is -0.493 e. The largest absolute Gasteiger partial charge is 0.493 e. The molecule has 2 aromatic rings. The van der Waals surface area contributed by atoms with Crippen LogP contribution < -0.4 is 14.8 Å². The standard InChI is InChI=1S/C15H17F2N3O3/c1-4-20-8-11(9(2)19-20)14(21)18-10-5-6-12(23-15(16)17)13(7-10)22-3/h5-8,15H,4H2,1-3H3,(H,18,21). The number of hydrogen-bond donors (Lipinski definition) is 1. The van der Waals surface area contributed by atoms with Gasteiger partial charge in [-0.25, -0.2) is 0 Å². The van der Waals surface area contributed by atoms with Gasteiger partial charge in [-0.3, -0.25) is 9.48 Å². The highest BCUT2D eigenvalue weighted by Gasteiger charge is 2.15. The normalized spacial score (nSPS) is 10.7. The van der Waals surface area contributed by atoms with Gasteiger partial charge in [-0.2, -0.15) is 13.9 Å². The van der Waals surface area contributed by atoms with Crippen molar-refractivity contribution in [3.05, 3.63) is 35.7 Å². The van der Waals surface area contributed by atoms with Crippen LogP contribution in [0.25, 0.3) is 0 Å². The molecule has 1 heterocycles. The molecule has 1 amide bonds. The lowest BCUT2D eigenvalue weighted by atomic mass is 10.2. The molecule has 0 unspecified atom stereocenters. The summed E-state index contributed by atoms with van der Waals surface area (Å²) in [7, 11) is 1.33. The first-order valence-corrected chi connectivity index (χ1v) is 6.92. The van der Waals surface area contributed by atoms with Crippen LogP contribution in [0.15, 0.2) is 24.4 Å². The summed E-state index contributed by atoms with van der Waals surface area (Å²) in [6.07, 6.45) is 1.65. The third kappa shape index (κ3) is 3.97. The molecule has 6 nitrogen and oxygen atoms in total. The minimum absolute atomic E-state index is 0.101. The molecule has 1 N–H and O–H groups in total. The highest BCUT2D eigenvalue weighted by Crippen LogP contribution is 2.31. The summed E-state index contributed by atoms with van der Waals surface area (Å²) in [5.74, 6) is -0.341. The lowest BCUT2D eigenvalue weighted by molar-refractivity contribution is -0.0512. The first-order valence-electron chi connectivity index (χ1n) is 6.92. The minimum atomic E-state index is -2.95. The first kappa shape index (κ1) is 16.7. The van der Waals surface area contributed by atoms with E-state index in [-0.39, 0.29) is 17.4 Å². The van der Waals surface area contributed by atoms with Crippen molar-refractivity contribution in [1.29, 1.82) is 0 Å². The lowest BCUT2D eigenvalue weighted by Gasteiger charge is -2.12. The molecule has 2 rings (SSSR count). The Bertz CT molecular complexity index is 701. The van der Waals surface area contributed by atoms with E-state index < -0.39 is 6.61 Å². The summed E-state index contributed by atoms with van der Waals surface area (Å²) in [5, 5.41) is 6.88. The maximum Gasteiger partial charge on any atom is 0.387 e. The molecule has 124 valence electrons. The van der Waals surface area contributed by atoms with Crippen LogP contribution in [0.3, 0.4) is 0 Å². The van der Waals surface area contributed by atoms with Gasteiger partial charge in [-0.15, -0.1) is 0 Å². The highest BCUT2D eigenvalue weighted by molar-refractivity contribution is 6.05. The number of hydrogen-bond acceptors (Lipinski definition) is 4. The lowest BCUT2D eigenvalue weighted by Crippen LogP contribution is -2.12. The molecule has 1 aromatic heterocycles. The van der Waals surface area contributed by atoms with Crippen molar-refractivity contribution in [2.45, 2.75) is 27.0 Å². The molecular weight excluding hydrogens is 308 g/mol. The monoisotopic (exact) mass is 325 g/mol. The Morgan fingerprint density at radius 2 is 2.13 bits per heavy atom. The summed E-state index contributed by atoms with van der Waals surface area (Å²) < 4.78 is 35.6. The number of methoxy groups -OCH3 is 1. The Balaban J connectivity index is 2.19. The van der Waals surface area contributed by atoms with Crippen molar-refractivity contribution in [1.82, 2.24) is 9.78 Å². The second kappa shape index (κ2) is 7.08. The van der Waals surface area contributed by atoms with Crippen LogP contribution in [0.4, 0.5) is 14.5 Å². The zero-order valence-corrected chi connectivity index (χ0v) is 13.0. The summed E-state index contributed by atoms with van der Waals surface area (Å²) in [6, 6.07) is 4.18. The van der Waals surface area contributed by atoms with E-state index in [1.165, 1.54) is 25.3 Å². The highest BCUT2D eigenvalue weighted by atomic mass is 19.3. The van der Waals surface area contributed by atoms with Crippen molar-refractivity contribution >= 4 is 11.6 Å². The van der Waals surface area contributed by atoms with Crippen molar-refractivity contribution in [2.24, 2.45) is 0 Å². The Morgan fingerprint density at radius 3 is 2.70 bits per heavy atom. The number of benzene rings is 1. The van der Waals surface area contributed by atoms with Gasteiger partial charge < -0.3 is 14.8 Å². The molecule has 0 aliphatic heterocycles. The average Bonchev–Trinajstić information content (AvgIpc) is 2.89. The maximum absolute atomic E-state index is 12.3. The fourth-order valence-corrected chi connectivity index (χ4v) is 2.04. The molecular formula is C15H17F2N3O3. The Morgan fingerprint density at radius 1 is 1.39 bits per heavy atom. The Kier molecular flexibility index (Phi) is 5.15. The van der Waals surface area contributed by atoms with E-state index in [1.807, 2.05) is 6.92 Å². The van der Waals surface area contributed by atoms with E-state index in [9.17, 15) is 13.6 Å². The number of halogens is 2. The third-order valence-electron chi connectivity index (χ3n) is 3.15. The van der Waals surface area contributed by atoms with Gasteiger partial charge in [0.1, 0.15) is 0 Å². The van der Waals surface area contributed by atoms with E-state index in [0.29, 0.717) is 23.5 Å². The number of aromatic nitrogens is 2. The van der Waals surface area contributed by atoms with Crippen molar-refractivity contribution < 1.29 is 23.0 Å². The van der Waals surface area contributed by atoms with Crippen molar-refractivity contribution in [2.75, 3.05) is 12.4 Å². The molecule has 0 spiro atoms. The Labute approximate surface area is 132 Å². The van der Waals surface area contributed by atoms with Gasteiger partial charge >= 0.3 is 6.61 Å². The molecule has 0 fully saturated rings. The molecule has 0 aliphatic rings. The van der Waals surface area contributed by atoms with Gasteiger partial charge in [0.2, 0.25) is 0 Å². The van der Waals surface area contributed by atoms with Gasteiger partial charge in [0.15, 0.2) is 11.5 Å². The van der Waals surface area contributed by atoms with E-state index in [0.717, 1.165) is 0 Å². The quantitative estimate of drug-likeness (QED) is 0.886. The molecule has 0 bridgehead atoms. The summed E-state index contributed by atoms with van der Waals surface area (Å²) in [6.45, 7) is 1.36. The number of carbonyl (C=O) groups excluding carboxylic acids is 1. The average molecular weight is 325 g/mol. The van der Waals surface area contributed by atoms with Crippen LogP contribution >= 0.6 is 0 Å². The predicted molar refractivity (Wildman–Crippen MR) is 80.2 cm³/mol. The molecule has 8 heteroatoms. The van der Waals surface area contributed by atoms with E-state index in [4.69, 9.17) is 4.74 Å². The Hall–Kier alpha value is -2.64. The number of rotatable bonds is 6. The molecule has 0 radical (unpaired) electrons. The van der Waals surface area contributed by atoms with Crippen LogP contribution in [-0.4, -0.2) is 29.4 Å². The van der Waals surface area contributed by atoms with Gasteiger partial charge in [-0.1, -0.05) is 0 Å². The van der Waals surface area contributed by atoms with Crippen molar-refractivity contribution in [3.63, 3.8) is 0 Å². The fraction of sp³-hybridized carbons (Fsp3) is 0.333. The molecule has 23 heavy (non-hydrogen) atoms. The number of aryl methyl sites for hydroxylation is 2. The number of nitrogens with one attached hydrogen (secondary N) is 1. The van der Waals surface area contributed by atoms with E-state index in [1.54, 1.807) is 17.8 Å².